The van der Waals surface area contributed by atoms with E-state index >= 15 is 0 Å². The standard InChI is InChI=1S/C15H26N6/c1-3-5-13-17-14(19-16)11(2)15(18-13)21-9-8-20-7-4-6-12(20)10-21/h12H,3-10,16H2,1-2H3,(H,17,18,19). The van der Waals surface area contributed by atoms with Crippen LogP contribution in [0.3, 0.4) is 0 Å². The van der Waals surface area contributed by atoms with Crippen LogP contribution in [0.1, 0.15) is 37.6 Å². The van der Waals surface area contributed by atoms with Gasteiger partial charge in [0.25, 0.3) is 0 Å². The molecule has 0 spiro atoms. The van der Waals surface area contributed by atoms with Gasteiger partial charge in [-0.1, -0.05) is 6.92 Å². The number of nitrogen functional groups attached to an aromatic ring is 1. The van der Waals surface area contributed by atoms with Crippen LogP contribution < -0.4 is 16.2 Å². The van der Waals surface area contributed by atoms with Gasteiger partial charge >= 0.3 is 0 Å². The molecule has 2 aliphatic rings. The monoisotopic (exact) mass is 290 g/mol. The molecule has 2 saturated heterocycles. The van der Waals surface area contributed by atoms with E-state index in [-0.39, 0.29) is 0 Å². The van der Waals surface area contributed by atoms with Gasteiger partial charge in [0.05, 0.1) is 0 Å². The van der Waals surface area contributed by atoms with Crippen molar-refractivity contribution >= 4 is 11.6 Å². The second-order valence-electron chi connectivity index (χ2n) is 6.11. The lowest BCUT2D eigenvalue weighted by Crippen LogP contribution is -2.50. The number of hydrazine groups is 1. The number of aryl methyl sites for hydroxylation is 1. The summed E-state index contributed by atoms with van der Waals surface area (Å²) in [5.74, 6) is 8.35. The summed E-state index contributed by atoms with van der Waals surface area (Å²) in [5, 5.41) is 0. The molecular weight excluding hydrogens is 264 g/mol. The maximum atomic E-state index is 5.63. The SMILES string of the molecule is CCCc1nc(NN)c(C)c(N2CCN3CCCC3C2)n1. The fourth-order valence-corrected chi connectivity index (χ4v) is 3.52. The minimum atomic E-state index is 0.692. The maximum Gasteiger partial charge on any atom is 0.148 e. The molecule has 3 rings (SSSR count). The van der Waals surface area contributed by atoms with Gasteiger partial charge < -0.3 is 10.3 Å². The summed E-state index contributed by atoms with van der Waals surface area (Å²) in [6.07, 6.45) is 4.58. The molecule has 1 unspecified atom stereocenters. The summed E-state index contributed by atoms with van der Waals surface area (Å²) in [7, 11) is 0. The lowest BCUT2D eigenvalue weighted by Gasteiger charge is -2.38. The molecule has 0 aromatic carbocycles. The lowest BCUT2D eigenvalue weighted by molar-refractivity contribution is 0.230. The fraction of sp³-hybridized carbons (Fsp3) is 0.733. The third-order valence-electron chi connectivity index (χ3n) is 4.66. The van der Waals surface area contributed by atoms with Gasteiger partial charge in [-0.2, -0.15) is 0 Å². The van der Waals surface area contributed by atoms with Crippen LogP contribution in [-0.4, -0.2) is 47.1 Å². The van der Waals surface area contributed by atoms with Gasteiger partial charge in [0.2, 0.25) is 0 Å². The summed E-state index contributed by atoms with van der Waals surface area (Å²) in [6.45, 7) is 8.73. The van der Waals surface area contributed by atoms with Crippen molar-refractivity contribution in [3.8, 4) is 0 Å². The van der Waals surface area contributed by atoms with E-state index in [2.05, 4.69) is 34.1 Å². The molecule has 1 aromatic heterocycles. The van der Waals surface area contributed by atoms with Crippen molar-refractivity contribution in [2.45, 2.75) is 45.6 Å². The molecule has 0 radical (unpaired) electrons. The number of aromatic nitrogens is 2. The van der Waals surface area contributed by atoms with Crippen molar-refractivity contribution in [1.82, 2.24) is 14.9 Å². The Hall–Kier alpha value is -1.40. The van der Waals surface area contributed by atoms with Crippen LogP contribution in [0.4, 0.5) is 11.6 Å². The van der Waals surface area contributed by atoms with E-state index < -0.39 is 0 Å². The van der Waals surface area contributed by atoms with E-state index in [9.17, 15) is 0 Å². The van der Waals surface area contributed by atoms with Crippen LogP contribution >= 0.6 is 0 Å². The third-order valence-corrected chi connectivity index (χ3v) is 4.66. The Morgan fingerprint density at radius 1 is 1.29 bits per heavy atom. The van der Waals surface area contributed by atoms with Crippen LogP contribution in [0.2, 0.25) is 0 Å². The van der Waals surface area contributed by atoms with E-state index in [1.807, 2.05) is 0 Å². The van der Waals surface area contributed by atoms with Gasteiger partial charge in [-0.25, -0.2) is 15.8 Å². The Kier molecular flexibility index (Phi) is 4.26. The molecule has 1 aromatic rings. The third kappa shape index (κ3) is 2.82. The average Bonchev–Trinajstić information content (AvgIpc) is 2.96. The van der Waals surface area contributed by atoms with Crippen LogP contribution in [-0.2, 0) is 6.42 Å². The average molecular weight is 290 g/mol. The summed E-state index contributed by atoms with van der Waals surface area (Å²) >= 11 is 0. The Labute approximate surface area is 126 Å². The van der Waals surface area contributed by atoms with E-state index in [1.165, 1.54) is 19.4 Å². The summed E-state index contributed by atoms with van der Waals surface area (Å²) in [6, 6.07) is 0.692. The van der Waals surface area contributed by atoms with Crippen molar-refractivity contribution in [2.75, 3.05) is 36.5 Å². The molecule has 21 heavy (non-hydrogen) atoms. The van der Waals surface area contributed by atoms with Crippen molar-refractivity contribution in [3.63, 3.8) is 0 Å². The van der Waals surface area contributed by atoms with Crippen molar-refractivity contribution < 1.29 is 0 Å². The summed E-state index contributed by atoms with van der Waals surface area (Å²) < 4.78 is 0. The molecule has 0 aliphatic carbocycles. The molecule has 6 nitrogen and oxygen atoms in total. The number of nitrogens with two attached hydrogens (primary N) is 1. The first kappa shape index (κ1) is 14.5. The van der Waals surface area contributed by atoms with Crippen LogP contribution in [0.15, 0.2) is 0 Å². The minimum absolute atomic E-state index is 0.692. The fourth-order valence-electron chi connectivity index (χ4n) is 3.52. The van der Waals surface area contributed by atoms with Gasteiger partial charge in [-0.15, -0.1) is 0 Å². The van der Waals surface area contributed by atoms with Gasteiger partial charge in [0.15, 0.2) is 0 Å². The Bertz CT molecular complexity index is 503. The normalized spacial score (nSPS) is 22.4. The van der Waals surface area contributed by atoms with E-state index in [0.29, 0.717) is 6.04 Å². The summed E-state index contributed by atoms with van der Waals surface area (Å²) in [5.41, 5.74) is 3.79. The molecule has 3 heterocycles. The first-order chi connectivity index (χ1) is 10.2. The van der Waals surface area contributed by atoms with Crippen LogP contribution in [0.5, 0.6) is 0 Å². The van der Waals surface area contributed by atoms with Crippen molar-refractivity contribution in [1.29, 1.82) is 0 Å². The van der Waals surface area contributed by atoms with Crippen LogP contribution in [0, 0.1) is 6.92 Å². The second kappa shape index (κ2) is 6.15. The number of hydrogen-bond acceptors (Lipinski definition) is 6. The van der Waals surface area contributed by atoms with Gasteiger partial charge in [0, 0.05) is 37.7 Å². The quantitative estimate of drug-likeness (QED) is 0.643. The number of fused-ring (bicyclic) bond motifs is 1. The van der Waals surface area contributed by atoms with Crippen molar-refractivity contribution in [2.24, 2.45) is 5.84 Å². The van der Waals surface area contributed by atoms with Crippen molar-refractivity contribution in [3.05, 3.63) is 11.4 Å². The Morgan fingerprint density at radius 2 is 2.14 bits per heavy atom. The Balaban J connectivity index is 1.87. The first-order valence-corrected chi connectivity index (χ1v) is 8.06. The highest BCUT2D eigenvalue weighted by molar-refractivity contribution is 5.58. The Morgan fingerprint density at radius 3 is 2.90 bits per heavy atom. The van der Waals surface area contributed by atoms with Crippen LogP contribution in [0.25, 0.3) is 0 Å². The number of nitrogens with one attached hydrogen (secondary N) is 1. The second-order valence-corrected chi connectivity index (χ2v) is 6.11. The zero-order valence-electron chi connectivity index (χ0n) is 13.1. The molecule has 2 aliphatic heterocycles. The number of nitrogens with zero attached hydrogens (tertiary/aromatic N) is 4. The molecule has 2 fully saturated rings. The number of hydrogen-bond donors (Lipinski definition) is 2. The highest BCUT2D eigenvalue weighted by Gasteiger charge is 2.32. The molecule has 3 N–H and O–H groups in total. The zero-order valence-corrected chi connectivity index (χ0v) is 13.1. The number of anilines is 2. The molecule has 6 heteroatoms. The smallest absolute Gasteiger partial charge is 0.148 e. The van der Waals surface area contributed by atoms with E-state index in [1.54, 1.807) is 0 Å². The molecule has 116 valence electrons. The highest BCUT2D eigenvalue weighted by atomic mass is 15.3. The molecule has 0 bridgehead atoms. The molecule has 0 amide bonds. The predicted octanol–water partition coefficient (Wildman–Crippen LogP) is 1.31. The molecule has 1 atom stereocenters. The minimum Gasteiger partial charge on any atom is -0.353 e. The van der Waals surface area contributed by atoms with E-state index in [4.69, 9.17) is 10.8 Å². The zero-order chi connectivity index (χ0) is 14.8. The predicted molar refractivity (Wildman–Crippen MR) is 85.4 cm³/mol. The van der Waals surface area contributed by atoms with Gasteiger partial charge in [-0.3, -0.25) is 4.90 Å². The number of piperazine rings is 1. The van der Waals surface area contributed by atoms with Gasteiger partial charge in [0.1, 0.15) is 17.5 Å². The topological polar surface area (TPSA) is 70.3 Å². The summed E-state index contributed by atoms with van der Waals surface area (Å²) in [4.78, 5) is 14.4. The largest absolute Gasteiger partial charge is 0.353 e. The van der Waals surface area contributed by atoms with Gasteiger partial charge in [-0.05, 0) is 32.7 Å². The molecule has 0 saturated carbocycles. The first-order valence-electron chi connectivity index (χ1n) is 8.06. The highest BCUT2D eigenvalue weighted by Crippen LogP contribution is 2.28. The molecular formula is C15H26N6. The maximum absolute atomic E-state index is 5.63. The lowest BCUT2D eigenvalue weighted by atomic mass is 10.1. The number of rotatable bonds is 4. The van der Waals surface area contributed by atoms with E-state index in [0.717, 1.165) is 55.5 Å².